The van der Waals surface area contributed by atoms with Crippen LogP contribution in [0.4, 0.5) is 11.4 Å². The molecule has 1 aromatic carbocycles. The summed E-state index contributed by atoms with van der Waals surface area (Å²) < 4.78 is 0. The van der Waals surface area contributed by atoms with E-state index in [1.54, 1.807) is 6.92 Å². The summed E-state index contributed by atoms with van der Waals surface area (Å²) in [7, 11) is 0. The molecular weight excluding hydrogens is 294 g/mol. The molecule has 0 radical (unpaired) electrons. The number of benzene rings is 1. The molecule has 1 fully saturated rings. The van der Waals surface area contributed by atoms with Crippen LogP contribution in [-0.2, 0) is 4.79 Å². The lowest BCUT2D eigenvalue weighted by Crippen LogP contribution is -2.15. The Kier molecular flexibility index (Phi) is 5.14. The van der Waals surface area contributed by atoms with Crippen LogP contribution in [0, 0.1) is 23.0 Å². The van der Waals surface area contributed by atoms with E-state index in [1.165, 1.54) is 12.1 Å². The van der Waals surface area contributed by atoms with Crippen molar-refractivity contribution < 1.29 is 9.72 Å². The van der Waals surface area contributed by atoms with Gasteiger partial charge in [-0.05, 0) is 50.4 Å². The molecule has 1 aliphatic rings. The molecule has 1 unspecified atom stereocenters. The predicted octanol–water partition coefficient (Wildman–Crippen LogP) is 2.88. The van der Waals surface area contributed by atoms with Gasteiger partial charge in [0.1, 0.15) is 5.02 Å². The summed E-state index contributed by atoms with van der Waals surface area (Å²) >= 11 is 5.86. The van der Waals surface area contributed by atoms with Gasteiger partial charge in [0, 0.05) is 18.2 Å². The average Bonchev–Trinajstić information content (AvgIpc) is 2.93. The van der Waals surface area contributed by atoms with Gasteiger partial charge in [-0.2, -0.15) is 0 Å². The van der Waals surface area contributed by atoms with Gasteiger partial charge in [-0.25, -0.2) is 0 Å². The van der Waals surface area contributed by atoms with Gasteiger partial charge in [0.05, 0.1) is 4.92 Å². The van der Waals surface area contributed by atoms with E-state index in [4.69, 9.17) is 11.6 Å². The molecule has 1 aliphatic heterocycles. The van der Waals surface area contributed by atoms with Crippen molar-refractivity contribution in [2.45, 2.75) is 26.2 Å². The van der Waals surface area contributed by atoms with Gasteiger partial charge in [-0.15, -0.1) is 0 Å². The normalized spacial score (nSPS) is 17.7. The quantitative estimate of drug-likeness (QED) is 0.647. The summed E-state index contributed by atoms with van der Waals surface area (Å²) in [5.41, 5.74) is 1.01. The Morgan fingerprint density at radius 2 is 2.33 bits per heavy atom. The van der Waals surface area contributed by atoms with Gasteiger partial charge < -0.3 is 10.6 Å². The second-order valence-corrected chi connectivity index (χ2v) is 5.73. The second-order valence-electron chi connectivity index (χ2n) is 5.32. The van der Waals surface area contributed by atoms with E-state index < -0.39 is 4.92 Å². The minimum Gasteiger partial charge on any atom is -0.326 e. The third-order valence-electron chi connectivity index (χ3n) is 3.71. The van der Waals surface area contributed by atoms with E-state index in [0.29, 0.717) is 23.6 Å². The summed E-state index contributed by atoms with van der Waals surface area (Å²) in [6, 6.07) is 2.81. The molecule has 21 heavy (non-hydrogen) atoms. The van der Waals surface area contributed by atoms with Crippen molar-refractivity contribution in [2.75, 3.05) is 18.4 Å². The fraction of sp³-hybridized carbons (Fsp3) is 0.500. The van der Waals surface area contributed by atoms with Crippen LogP contribution in [0.5, 0.6) is 0 Å². The molecule has 1 heterocycles. The molecule has 114 valence electrons. The first-order chi connectivity index (χ1) is 9.97. The number of nitrogens with zero attached hydrogens (tertiary/aromatic N) is 1. The number of nitrogens with one attached hydrogen (secondary N) is 2. The van der Waals surface area contributed by atoms with Crippen LogP contribution in [0.1, 0.15) is 24.8 Å². The Morgan fingerprint density at radius 1 is 1.57 bits per heavy atom. The Morgan fingerprint density at radius 3 is 2.95 bits per heavy atom. The zero-order chi connectivity index (χ0) is 15.4. The van der Waals surface area contributed by atoms with Crippen LogP contribution in [0.2, 0.25) is 5.02 Å². The monoisotopic (exact) mass is 311 g/mol. The van der Waals surface area contributed by atoms with Crippen molar-refractivity contribution in [3.63, 3.8) is 0 Å². The highest BCUT2D eigenvalue weighted by Gasteiger charge is 2.18. The van der Waals surface area contributed by atoms with Crippen LogP contribution in [-0.4, -0.2) is 23.9 Å². The number of amides is 1. The Balaban J connectivity index is 1.96. The van der Waals surface area contributed by atoms with Crippen molar-refractivity contribution in [3.8, 4) is 0 Å². The summed E-state index contributed by atoms with van der Waals surface area (Å²) in [4.78, 5) is 22.2. The SMILES string of the molecule is Cc1cc([N+](=O)[O-])c(Cl)cc1NC(=O)CCC1CCNC1. The first-order valence-corrected chi connectivity index (χ1v) is 7.30. The minimum absolute atomic E-state index is 0.0286. The maximum atomic E-state index is 11.9. The predicted molar refractivity (Wildman–Crippen MR) is 81.7 cm³/mol. The summed E-state index contributed by atoms with van der Waals surface area (Å²) in [6.45, 7) is 3.69. The van der Waals surface area contributed by atoms with E-state index in [-0.39, 0.29) is 16.6 Å². The van der Waals surface area contributed by atoms with Crippen molar-refractivity contribution in [2.24, 2.45) is 5.92 Å². The molecule has 1 saturated heterocycles. The standard InChI is InChI=1S/C14H18ClN3O3/c1-9-6-13(18(20)21)11(15)7-12(9)17-14(19)3-2-10-4-5-16-8-10/h6-7,10,16H,2-5,8H2,1H3,(H,17,19). The molecule has 7 heteroatoms. The molecular formula is C14H18ClN3O3. The largest absolute Gasteiger partial charge is 0.326 e. The van der Waals surface area contributed by atoms with E-state index in [9.17, 15) is 14.9 Å². The molecule has 2 N–H and O–H groups in total. The lowest BCUT2D eigenvalue weighted by molar-refractivity contribution is -0.384. The van der Waals surface area contributed by atoms with Crippen molar-refractivity contribution >= 4 is 28.9 Å². The molecule has 1 amide bonds. The Bertz CT molecular complexity index is 557. The first-order valence-electron chi connectivity index (χ1n) is 6.92. The number of aryl methyl sites for hydroxylation is 1. The van der Waals surface area contributed by atoms with Gasteiger partial charge in [0.15, 0.2) is 0 Å². The molecule has 0 aromatic heterocycles. The number of halogens is 1. The van der Waals surface area contributed by atoms with E-state index in [2.05, 4.69) is 10.6 Å². The van der Waals surface area contributed by atoms with Gasteiger partial charge >= 0.3 is 0 Å². The van der Waals surface area contributed by atoms with E-state index in [1.807, 2.05) is 0 Å². The Labute approximate surface area is 128 Å². The molecule has 0 aliphatic carbocycles. The number of nitro benzene ring substituents is 1. The number of carbonyl (C=O) groups is 1. The molecule has 1 atom stereocenters. The van der Waals surface area contributed by atoms with Crippen molar-refractivity contribution in [3.05, 3.63) is 32.8 Å². The van der Waals surface area contributed by atoms with Gasteiger partial charge in [-0.3, -0.25) is 14.9 Å². The summed E-state index contributed by atoms with van der Waals surface area (Å²) in [6.07, 6.45) is 2.40. The molecule has 2 rings (SSSR count). The first kappa shape index (κ1) is 15.7. The second kappa shape index (κ2) is 6.87. The molecule has 0 saturated carbocycles. The summed E-state index contributed by atoms with van der Waals surface area (Å²) in [5.74, 6) is 0.465. The third kappa shape index (κ3) is 4.15. The highest BCUT2D eigenvalue weighted by atomic mass is 35.5. The lowest BCUT2D eigenvalue weighted by atomic mass is 10.0. The van der Waals surface area contributed by atoms with Crippen LogP contribution >= 0.6 is 11.6 Å². The van der Waals surface area contributed by atoms with Crippen molar-refractivity contribution in [1.29, 1.82) is 0 Å². The Hall–Kier alpha value is -1.66. The zero-order valence-corrected chi connectivity index (χ0v) is 12.6. The maximum absolute atomic E-state index is 11.9. The van der Waals surface area contributed by atoms with Gasteiger partial charge in [-0.1, -0.05) is 11.6 Å². The smallest absolute Gasteiger partial charge is 0.288 e. The maximum Gasteiger partial charge on any atom is 0.288 e. The van der Waals surface area contributed by atoms with E-state index >= 15 is 0 Å². The van der Waals surface area contributed by atoms with E-state index in [0.717, 1.165) is 25.9 Å². The number of carbonyl (C=O) groups excluding carboxylic acids is 1. The highest BCUT2D eigenvalue weighted by Crippen LogP contribution is 2.30. The van der Waals surface area contributed by atoms with Crippen LogP contribution in [0.15, 0.2) is 12.1 Å². The van der Waals surface area contributed by atoms with Gasteiger partial charge in [0.2, 0.25) is 5.91 Å². The third-order valence-corrected chi connectivity index (χ3v) is 4.01. The molecule has 0 bridgehead atoms. The number of hydrogen-bond acceptors (Lipinski definition) is 4. The molecule has 1 aromatic rings. The molecule has 0 spiro atoms. The van der Waals surface area contributed by atoms with Crippen LogP contribution < -0.4 is 10.6 Å². The number of rotatable bonds is 5. The average molecular weight is 312 g/mol. The summed E-state index contributed by atoms with van der Waals surface area (Å²) in [5, 5.41) is 16.9. The van der Waals surface area contributed by atoms with Gasteiger partial charge in [0.25, 0.3) is 5.69 Å². The topological polar surface area (TPSA) is 84.3 Å². The fourth-order valence-corrected chi connectivity index (χ4v) is 2.68. The highest BCUT2D eigenvalue weighted by molar-refractivity contribution is 6.33. The molecule has 6 nitrogen and oxygen atoms in total. The number of hydrogen-bond donors (Lipinski definition) is 2. The van der Waals surface area contributed by atoms with Crippen LogP contribution in [0.25, 0.3) is 0 Å². The fourth-order valence-electron chi connectivity index (χ4n) is 2.45. The number of anilines is 1. The zero-order valence-electron chi connectivity index (χ0n) is 11.8. The minimum atomic E-state index is -0.534. The van der Waals surface area contributed by atoms with Crippen LogP contribution in [0.3, 0.4) is 0 Å². The van der Waals surface area contributed by atoms with Crippen molar-refractivity contribution in [1.82, 2.24) is 5.32 Å². The lowest BCUT2D eigenvalue weighted by Gasteiger charge is -2.11. The number of nitro groups is 1.